The minimum atomic E-state index is 0.0538. The van der Waals surface area contributed by atoms with Gasteiger partial charge in [0.2, 0.25) is 0 Å². The summed E-state index contributed by atoms with van der Waals surface area (Å²) in [6, 6.07) is 0. The molecular formula is C20H24N2O2. The Morgan fingerprint density at radius 3 is 1.62 bits per heavy atom. The Morgan fingerprint density at radius 1 is 0.875 bits per heavy atom. The van der Waals surface area contributed by atoms with Crippen molar-refractivity contribution in [2.24, 2.45) is 0 Å². The Labute approximate surface area is 143 Å². The van der Waals surface area contributed by atoms with Crippen molar-refractivity contribution in [3.05, 3.63) is 71.1 Å². The molecule has 0 unspecified atom stereocenters. The highest BCUT2D eigenvalue weighted by Crippen LogP contribution is 2.13. The summed E-state index contributed by atoms with van der Waals surface area (Å²) in [5.74, 6) is 0.108. The van der Waals surface area contributed by atoms with Gasteiger partial charge in [0, 0.05) is 47.8 Å². The van der Waals surface area contributed by atoms with E-state index in [4.69, 9.17) is 0 Å². The van der Waals surface area contributed by atoms with Crippen LogP contribution in [-0.4, -0.2) is 24.7 Å². The molecule has 0 fully saturated rings. The molecule has 0 bridgehead atoms. The molecule has 0 aliphatic heterocycles. The first-order valence-corrected chi connectivity index (χ1v) is 8.20. The molecule has 2 aliphatic rings. The fourth-order valence-electron chi connectivity index (χ4n) is 2.46. The summed E-state index contributed by atoms with van der Waals surface area (Å²) >= 11 is 0. The Morgan fingerprint density at radius 2 is 1.29 bits per heavy atom. The lowest BCUT2D eigenvalue weighted by Crippen LogP contribution is -2.26. The van der Waals surface area contributed by atoms with Gasteiger partial charge in [-0.15, -0.1) is 0 Å². The fraction of sp³-hybridized carbons (Fsp3) is 0.300. The van der Waals surface area contributed by atoms with Gasteiger partial charge in [0.1, 0.15) is 0 Å². The van der Waals surface area contributed by atoms with Gasteiger partial charge in [-0.25, -0.2) is 0 Å². The lowest BCUT2D eigenvalue weighted by molar-refractivity contribution is -0.112. The second-order valence-corrected chi connectivity index (χ2v) is 5.89. The first kappa shape index (κ1) is 17.7. The van der Waals surface area contributed by atoms with E-state index < -0.39 is 0 Å². The van der Waals surface area contributed by atoms with Crippen LogP contribution in [0.15, 0.2) is 71.1 Å². The van der Waals surface area contributed by atoms with E-state index in [1.807, 2.05) is 50.3 Å². The summed E-state index contributed by atoms with van der Waals surface area (Å²) < 4.78 is 0. The maximum absolute atomic E-state index is 11.9. The lowest BCUT2D eigenvalue weighted by Gasteiger charge is -2.09. The molecule has 0 aromatic heterocycles. The van der Waals surface area contributed by atoms with Crippen molar-refractivity contribution in [1.29, 1.82) is 0 Å². The van der Waals surface area contributed by atoms with Crippen molar-refractivity contribution in [3.8, 4) is 0 Å². The Hall–Kier alpha value is -2.62. The zero-order valence-corrected chi connectivity index (χ0v) is 14.3. The molecule has 0 amide bonds. The minimum absolute atomic E-state index is 0.0538. The Bertz CT molecular complexity index is 628. The summed E-state index contributed by atoms with van der Waals surface area (Å²) in [5.41, 5.74) is 3.33. The Kier molecular flexibility index (Phi) is 6.55. The molecule has 24 heavy (non-hydrogen) atoms. The van der Waals surface area contributed by atoms with Gasteiger partial charge >= 0.3 is 0 Å². The summed E-state index contributed by atoms with van der Waals surface area (Å²) in [4.78, 5) is 23.9. The quantitative estimate of drug-likeness (QED) is 0.506. The van der Waals surface area contributed by atoms with Gasteiger partial charge in [-0.05, 0) is 26.7 Å². The van der Waals surface area contributed by atoms with Crippen molar-refractivity contribution in [1.82, 2.24) is 10.6 Å². The third kappa shape index (κ3) is 5.54. The van der Waals surface area contributed by atoms with Crippen molar-refractivity contribution in [3.63, 3.8) is 0 Å². The number of rotatable bonds is 9. The van der Waals surface area contributed by atoms with Crippen molar-refractivity contribution < 1.29 is 9.59 Å². The maximum Gasteiger partial charge on any atom is 0.183 e. The number of allylic oxidation sites excluding steroid dienone is 12. The smallest absolute Gasteiger partial charge is 0.183 e. The van der Waals surface area contributed by atoms with E-state index in [0.717, 1.165) is 22.5 Å². The van der Waals surface area contributed by atoms with Crippen LogP contribution in [0.3, 0.4) is 0 Å². The average Bonchev–Trinajstić information content (AvgIpc) is 3.24. The van der Waals surface area contributed by atoms with Crippen LogP contribution in [0.1, 0.15) is 26.7 Å². The monoisotopic (exact) mass is 324 g/mol. The highest BCUT2D eigenvalue weighted by atomic mass is 16.1. The molecule has 2 N–H and O–H groups in total. The molecule has 2 rings (SSSR count). The van der Waals surface area contributed by atoms with E-state index in [9.17, 15) is 9.59 Å². The second-order valence-electron chi connectivity index (χ2n) is 5.89. The van der Waals surface area contributed by atoms with Crippen LogP contribution in [0.4, 0.5) is 0 Å². The normalized spacial score (nSPS) is 16.9. The third-order valence-electron chi connectivity index (χ3n) is 3.80. The van der Waals surface area contributed by atoms with E-state index in [0.29, 0.717) is 25.9 Å². The van der Waals surface area contributed by atoms with E-state index >= 15 is 0 Å². The minimum Gasteiger partial charge on any atom is -0.387 e. The van der Waals surface area contributed by atoms with Gasteiger partial charge in [0.15, 0.2) is 11.6 Å². The van der Waals surface area contributed by atoms with Gasteiger partial charge in [-0.2, -0.15) is 0 Å². The average molecular weight is 324 g/mol. The van der Waals surface area contributed by atoms with Crippen molar-refractivity contribution in [2.45, 2.75) is 26.7 Å². The molecule has 0 atom stereocenters. The molecule has 126 valence electrons. The van der Waals surface area contributed by atoms with Gasteiger partial charge in [0.25, 0.3) is 0 Å². The molecule has 4 nitrogen and oxygen atoms in total. The molecular weight excluding hydrogens is 300 g/mol. The first-order chi connectivity index (χ1) is 11.6. The lowest BCUT2D eigenvalue weighted by atomic mass is 10.1. The van der Waals surface area contributed by atoms with Crippen LogP contribution in [0.5, 0.6) is 0 Å². The molecule has 2 aliphatic carbocycles. The van der Waals surface area contributed by atoms with Crippen LogP contribution in [0, 0.1) is 0 Å². The predicted molar refractivity (Wildman–Crippen MR) is 97.2 cm³/mol. The van der Waals surface area contributed by atoms with Crippen LogP contribution < -0.4 is 10.6 Å². The standard InChI is InChI=1S/C20H24N2O2/c1-15(13-19(23)17-7-3-4-8-17)21-11-12-22-16(2)14-20(24)18-9-5-6-10-18/h3-7,9,13-14,21-22H,8,10-12H2,1-2H3/b15-13+,16-14+. The summed E-state index contributed by atoms with van der Waals surface area (Å²) in [7, 11) is 0. The molecule has 0 aromatic rings. The number of hydrogen-bond donors (Lipinski definition) is 2. The highest BCUT2D eigenvalue weighted by Gasteiger charge is 2.08. The summed E-state index contributed by atoms with van der Waals surface area (Å²) in [6.07, 6.45) is 16.2. The maximum atomic E-state index is 11.9. The van der Waals surface area contributed by atoms with Gasteiger partial charge in [-0.1, -0.05) is 36.5 Å². The van der Waals surface area contributed by atoms with E-state index in [1.165, 1.54) is 0 Å². The second kappa shape index (κ2) is 8.87. The van der Waals surface area contributed by atoms with Crippen LogP contribution in [0.25, 0.3) is 0 Å². The van der Waals surface area contributed by atoms with Crippen LogP contribution in [-0.2, 0) is 9.59 Å². The number of carbonyl (C=O) groups is 2. The molecule has 0 aromatic carbocycles. The van der Waals surface area contributed by atoms with E-state index in [1.54, 1.807) is 12.2 Å². The summed E-state index contributed by atoms with van der Waals surface area (Å²) in [6.45, 7) is 5.12. The number of ketones is 2. The molecule has 0 saturated heterocycles. The van der Waals surface area contributed by atoms with Crippen LogP contribution >= 0.6 is 0 Å². The summed E-state index contributed by atoms with van der Waals surface area (Å²) in [5, 5.41) is 6.39. The van der Waals surface area contributed by atoms with Crippen LogP contribution in [0.2, 0.25) is 0 Å². The molecule has 0 heterocycles. The zero-order chi connectivity index (χ0) is 17.4. The van der Waals surface area contributed by atoms with Gasteiger partial charge in [0.05, 0.1) is 0 Å². The number of hydrogen-bond acceptors (Lipinski definition) is 4. The molecule has 0 radical (unpaired) electrons. The van der Waals surface area contributed by atoms with Crippen molar-refractivity contribution in [2.75, 3.05) is 13.1 Å². The number of carbonyl (C=O) groups excluding carboxylic acids is 2. The molecule has 0 saturated carbocycles. The predicted octanol–water partition coefficient (Wildman–Crippen LogP) is 2.88. The fourth-order valence-corrected chi connectivity index (χ4v) is 2.46. The van der Waals surface area contributed by atoms with Crippen molar-refractivity contribution >= 4 is 11.6 Å². The topological polar surface area (TPSA) is 58.2 Å². The number of nitrogens with one attached hydrogen (secondary N) is 2. The van der Waals surface area contributed by atoms with E-state index in [-0.39, 0.29) is 11.6 Å². The Balaban J connectivity index is 1.68. The SMILES string of the molecule is C/C(=C\C(=O)C1=CC=CC1)NCCN/C(C)=C/C(=O)C1=CC=CC1. The largest absolute Gasteiger partial charge is 0.387 e. The van der Waals surface area contributed by atoms with Gasteiger partial charge in [-0.3, -0.25) is 9.59 Å². The van der Waals surface area contributed by atoms with Gasteiger partial charge < -0.3 is 10.6 Å². The molecule has 4 heteroatoms. The molecule has 0 spiro atoms. The highest BCUT2D eigenvalue weighted by molar-refractivity contribution is 6.05. The zero-order valence-electron chi connectivity index (χ0n) is 14.3. The van der Waals surface area contributed by atoms with E-state index in [2.05, 4.69) is 10.6 Å². The third-order valence-corrected chi connectivity index (χ3v) is 3.80. The first-order valence-electron chi connectivity index (χ1n) is 8.20.